The van der Waals surface area contributed by atoms with Crippen molar-refractivity contribution in [3.8, 4) is 0 Å². The minimum atomic E-state index is -0.704. The number of thioether (sulfide) groups is 1. The van der Waals surface area contributed by atoms with Crippen LogP contribution in [0, 0.1) is 0 Å². The Morgan fingerprint density at radius 1 is 1.28 bits per heavy atom. The average Bonchev–Trinajstić information content (AvgIpc) is 3.03. The molecule has 1 spiro atoms. The topological polar surface area (TPSA) is 111 Å². The molecule has 2 saturated heterocycles. The summed E-state index contributed by atoms with van der Waals surface area (Å²) in [5.74, 6) is 0.759. The number of amides is 3. The Bertz CT molecular complexity index is 834. The van der Waals surface area contributed by atoms with Gasteiger partial charge in [0.15, 0.2) is 0 Å². The molecular formula is C20H26N4O4S. The van der Waals surface area contributed by atoms with E-state index in [1.165, 1.54) is 0 Å². The van der Waals surface area contributed by atoms with Gasteiger partial charge >= 0.3 is 0 Å². The zero-order chi connectivity index (χ0) is 20.6. The van der Waals surface area contributed by atoms with Crippen LogP contribution in [0.4, 0.5) is 5.69 Å². The first-order valence-electron chi connectivity index (χ1n) is 9.94. The number of nitrogens with zero attached hydrogens (tertiary/aromatic N) is 1. The van der Waals surface area contributed by atoms with Crippen LogP contribution in [0.15, 0.2) is 24.3 Å². The van der Waals surface area contributed by atoms with E-state index in [1.807, 2.05) is 18.2 Å². The molecule has 0 aliphatic carbocycles. The standard InChI is InChI=1S/C20H26N4O4S/c1-12(18(27)21-15-10-29-11-16(15)25)24-9-8-20(7-6-17(24)26)22-14-5-3-2-4-13(14)19(28)23-20/h2-5,12,15-16,22,25H,6-11H2,1H3,(H,21,27)(H,23,28). The first kappa shape index (κ1) is 20.0. The normalized spacial score (nSPS) is 30.2. The van der Waals surface area contributed by atoms with Crippen LogP contribution in [-0.2, 0) is 9.59 Å². The van der Waals surface area contributed by atoms with Gasteiger partial charge in [-0.3, -0.25) is 14.4 Å². The number of anilines is 1. The van der Waals surface area contributed by atoms with Crippen LogP contribution in [0.5, 0.6) is 0 Å². The molecule has 0 radical (unpaired) electrons. The van der Waals surface area contributed by atoms with Crippen LogP contribution in [0.3, 0.4) is 0 Å². The molecule has 2 fully saturated rings. The summed E-state index contributed by atoms with van der Waals surface area (Å²) in [7, 11) is 0. The lowest BCUT2D eigenvalue weighted by Crippen LogP contribution is -2.58. The van der Waals surface area contributed by atoms with E-state index in [2.05, 4.69) is 16.0 Å². The number of hydrogen-bond acceptors (Lipinski definition) is 6. The van der Waals surface area contributed by atoms with Gasteiger partial charge in [0.05, 0.1) is 17.7 Å². The molecule has 4 N–H and O–H groups in total. The molecule has 3 heterocycles. The van der Waals surface area contributed by atoms with Crippen LogP contribution in [-0.4, -0.2) is 69.6 Å². The van der Waals surface area contributed by atoms with Crippen molar-refractivity contribution in [2.45, 2.75) is 50.0 Å². The van der Waals surface area contributed by atoms with Gasteiger partial charge in [-0.25, -0.2) is 0 Å². The Morgan fingerprint density at radius 3 is 2.83 bits per heavy atom. The van der Waals surface area contributed by atoms with Gasteiger partial charge in [-0.15, -0.1) is 0 Å². The molecule has 0 bridgehead atoms. The molecule has 3 amide bonds. The van der Waals surface area contributed by atoms with Gasteiger partial charge in [-0.2, -0.15) is 11.8 Å². The Hall–Kier alpha value is -2.26. The highest BCUT2D eigenvalue weighted by atomic mass is 32.2. The first-order chi connectivity index (χ1) is 13.9. The third-order valence-electron chi connectivity index (χ3n) is 5.99. The molecule has 0 aromatic heterocycles. The van der Waals surface area contributed by atoms with Crippen molar-refractivity contribution in [1.82, 2.24) is 15.5 Å². The van der Waals surface area contributed by atoms with Crippen molar-refractivity contribution in [2.24, 2.45) is 0 Å². The summed E-state index contributed by atoms with van der Waals surface area (Å²) in [6.45, 7) is 2.06. The monoisotopic (exact) mass is 418 g/mol. The molecule has 156 valence electrons. The molecule has 1 aromatic rings. The maximum absolute atomic E-state index is 12.8. The number of para-hydroxylation sites is 1. The number of aliphatic hydroxyl groups excluding tert-OH is 1. The van der Waals surface area contributed by atoms with E-state index in [9.17, 15) is 19.5 Å². The molecule has 3 aliphatic heterocycles. The second-order valence-corrected chi connectivity index (χ2v) is 9.01. The molecule has 4 rings (SSSR count). The van der Waals surface area contributed by atoms with Gasteiger partial charge in [0.1, 0.15) is 11.7 Å². The maximum atomic E-state index is 12.8. The summed E-state index contributed by atoms with van der Waals surface area (Å²) < 4.78 is 0. The first-order valence-corrected chi connectivity index (χ1v) is 11.1. The number of carbonyl (C=O) groups is 3. The second-order valence-electron chi connectivity index (χ2n) is 7.94. The van der Waals surface area contributed by atoms with Gasteiger partial charge in [-0.05, 0) is 25.5 Å². The fourth-order valence-corrected chi connectivity index (χ4v) is 5.34. The zero-order valence-corrected chi connectivity index (χ0v) is 17.1. The quantitative estimate of drug-likeness (QED) is 0.570. The molecule has 1 aromatic carbocycles. The summed E-state index contributed by atoms with van der Waals surface area (Å²) in [5, 5.41) is 19.2. The lowest BCUT2D eigenvalue weighted by atomic mass is 9.95. The van der Waals surface area contributed by atoms with E-state index in [-0.39, 0.29) is 30.2 Å². The fourth-order valence-electron chi connectivity index (χ4n) is 4.17. The predicted octanol–water partition coefficient (Wildman–Crippen LogP) is 0.532. The highest BCUT2D eigenvalue weighted by Crippen LogP contribution is 2.32. The molecule has 8 nitrogen and oxygen atoms in total. The summed E-state index contributed by atoms with van der Waals surface area (Å²) in [6, 6.07) is 6.40. The van der Waals surface area contributed by atoms with Crippen molar-refractivity contribution < 1.29 is 19.5 Å². The molecule has 9 heteroatoms. The third kappa shape index (κ3) is 3.93. The van der Waals surface area contributed by atoms with E-state index < -0.39 is 17.8 Å². The number of fused-ring (bicyclic) bond motifs is 1. The number of benzene rings is 1. The number of carbonyl (C=O) groups excluding carboxylic acids is 3. The van der Waals surface area contributed by atoms with Crippen LogP contribution >= 0.6 is 11.8 Å². The van der Waals surface area contributed by atoms with Crippen LogP contribution in [0.25, 0.3) is 0 Å². The highest BCUT2D eigenvalue weighted by Gasteiger charge is 2.42. The van der Waals surface area contributed by atoms with Crippen LogP contribution in [0.2, 0.25) is 0 Å². The predicted molar refractivity (Wildman–Crippen MR) is 111 cm³/mol. The number of rotatable bonds is 3. The second kappa shape index (κ2) is 7.87. The number of aliphatic hydroxyl groups is 1. The summed E-state index contributed by atoms with van der Waals surface area (Å²) in [6.07, 6.45) is 0.628. The summed E-state index contributed by atoms with van der Waals surface area (Å²) in [5.41, 5.74) is 0.645. The molecular weight excluding hydrogens is 392 g/mol. The van der Waals surface area contributed by atoms with Gasteiger partial charge in [0.25, 0.3) is 5.91 Å². The smallest absolute Gasteiger partial charge is 0.255 e. The average molecular weight is 419 g/mol. The third-order valence-corrected chi connectivity index (χ3v) is 7.16. The molecule has 4 atom stereocenters. The van der Waals surface area contributed by atoms with Crippen LogP contribution < -0.4 is 16.0 Å². The minimum Gasteiger partial charge on any atom is -0.390 e. The molecule has 3 aliphatic rings. The van der Waals surface area contributed by atoms with Crippen LogP contribution in [0.1, 0.15) is 36.5 Å². The van der Waals surface area contributed by atoms with Crippen molar-refractivity contribution in [1.29, 1.82) is 0 Å². The van der Waals surface area contributed by atoms with Crippen molar-refractivity contribution in [2.75, 3.05) is 23.4 Å². The summed E-state index contributed by atoms with van der Waals surface area (Å²) >= 11 is 1.60. The van der Waals surface area contributed by atoms with Gasteiger partial charge in [-0.1, -0.05) is 12.1 Å². The van der Waals surface area contributed by atoms with Gasteiger partial charge < -0.3 is 26.0 Å². The number of likely N-dealkylation sites (tertiary alicyclic amines) is 1. The Labute approximate surface area is 173 Å². The number of nitrogens with one attached hydrogen (secondary N) is 3. The van der Waals surface area contributed by atoms with Gasteiger partial charge in [0.2, 0.25) is 11.8 Å². The number of hydrogen-bond donors (Lipinski definition) is 4. The fraction of sp³-hybridized carbons (Fsp3) is 0.550. The highest BCUT2D eigenvalue weighted by molar-refractivity contribution is 7.99. The van der Waals surface area contributed by atoms with E-state index in [0.29, 0.717) is 36.5 Å². The Kier molecular flexibility index (Phi) is 5.44. The van der Waals surface area contributed by atoms with Gasteiger partial charge in [0, 0.05) is 36.6 Å². The minimum absolute atomic E-state index is 0.110. The Balaban J connectivity index is 1.45. The SMILES string of the molecule is CC(C(=O)NC1CSCC1O)N1CCC2(CCC1=O)NC(=O)c1ccccc1N2. The maximum Gasteiger partial charge on any atom is 0.255 e. The lowest BCUT2D eigenvalue weighted by Gasteiger charge is -2.40. The zero-order valence-electron chi connectivity index (χ0n) is 16.3. The molecule has 29 heavy (non-hydrogen) atoms. The van der Waals surface area contributed by atoms with E-state index in [4.69, 9.17) is 0 Å². The molecule has 0 saturated carbocycles. The van der Waals surface area contributed by atoms with E-state index in [0.717, 1.165) is 5.69 Å². The molecule has 4 unspecified atom stereocenters. The van der Waals surface area contributed by atoms with E-state index in [1.54, 1.807) is 29.7 Å². The van der Waals surface area contributed by atoms with Crippen molar-refractivity contribution in [3.05, 3.63) is 29.8 Å². The van der Waals surface area contributed by atoms with Crippen molar-refractivity contribution >= 4 is 35.2 Å². The Morgan fingerprint density at radius 2 is 2.07 bits per heavy atom. The van der Waals surface area contributed by atoms with Crippen molar-refractivity contribution in [3.63, 3.8) is 0 Å². The van der Waals surface area contributed by atoms with E-state index >= 15 is 0 Å². The largest absolute Gasteiger partial charge is 0.390 e. The summed E-state index contributed by atoms with van der Waals surface area (Å²) in [4.78, 5) is 39.6. The lowest BCUT2D eigenvalue weighted by molar-refractivity contribution is -0.139.